The van der Waals surface area contributed by atoms with E-state index in [1.54, 1.807) is 0 Å². The van der Waals surface area contributed by atoms with Gasteiger partial charge in [0, 0.05) is 33.0 Å². The van der Waals surface area contributed by atoms with Crippen LogP contribution in [0.5, 0.6) is 0 Å². The van der Waals surface area contributed by atoms with E-state index in [-0.39, 0.29) is 0 Å². The molecule has 0 aliphatic heterocycles. The summed E-state index contributed by atoms with van der Waals surface area (Å²) in [6, 6.07) is 56.4. The predicted molar refractivity (Wildman–Crippen MR) is 192 cm³/mol. The maximum Gasteiger partial charge on any atom is 0.164 e. The number of fused-ring (bicyclic) bond motifs is 4. The van der Waals surface area contributed by atoms with Gasteiger partial charge in [-0.2, -0.15) is 0 Å². The van der Waals surface area contributed by atoms with Crippen LogP contribution in [0.2, 0.25) is 0 Å². The summed E-state index contributed by atoms with van der Waals surface area (Å²) in [5.74, 6) is 1.89. The quantitative estimate of drug-likeness (QED) is 0.197. The number of hydrogen-bond donors (Lipinski definition) is 0. The average molecular weight is 602 g/mol. The minimum Gasteiger partial charge on any atom is -0.455 e. The highest BCUT2D eigenvalue weighted by Crippen LogP contribution is 2.38. The second-order valence-electron chi connectivity index (χ2n) is 11.7. The zero-order valence-corrected chi connectivity index (χ0v) is 25.3. The molecule has 0 aliphatic carbocycles. The number of furan rings is 1. The van der Waals surface area contributed by atoms with Gasteiger partial charge in [-0.25, -0.2) is 15.0 Å². The highest BCUT2D eigenvalue weighted by Gasteiger charge is 2.16. The Morgan fingerprint density at radius 1 is 0.340 bits per heavy atom. The minimum absolute atomic E-state index is 0.617. The lowest BCUT2D eigenvalue weighted by Gasteiger charge is -2.09. The second kappa shape index (κ2) is 11.2. The molecule has 2 heterocycles. The molecule has 0 bridgehead atoms. The lowest BCUT2D eigenvalue weighted by Crippen LogP contribution is -2.00. The molecule has 9 rings (SSSR count). The Morgan fingerprint density at radius 2 is 0.894 bits per heavy atom. The fraction of sp³-hybridized carbons (Fsp3) is 0. The van der Waals surface area contributed by atoms with Crippen LogP contribution in [-0.2, 0) is 0 Å². The largest absolute Gasteiger partial charge is 0.455 e. The van der Waals surface area contributed by atoms with Crippen LogP contribution in [0.1, 0.15) is 0 Å². The molecule has 4 nitrogen and oxygen atoms in total. The van der Waals surface area contributed by atoms with Crippen molar-refractivity contribution in [2.75, 3.05) is 0 Å². The van der Waals surface area contributed by atoms with Gasteiger partial charge >= 0.3 is 0 Å². The zero-order chi connectivity index (χ0) is 31.2. The van der Waals surface area contributed by atoms with Crippen molar-refractivity contribution in [2.45, 2.75) is 0 Å². The molecule has 0 amide bonds. The molecule has 0 spiro atoms. The van der Waals surface area contributed by atoms with Crippen molar-refractivity contribution in [3.05, 3.63) is 164 Å². The second-order valence-corrected chi connectivity index (χ2v) is 11.7. The molecular weight excluding hydrogens is 574 g/mol. The highest BCUT2D eigenvalue weighted by atomic mass is 16.3. The molecule has 0 fully saturated rings. The number of para-hydroxylation sites is 1. The molecule has 7 aromatic carbocycles. The highest BCUT2D eigenvalue weighted by molar-refractivity contribution is 6.10. The molecule has 2 aromatic heterocycles. The molecule has 220 valence electrons. The van der Waals surface area contributed by atoms with Crippen molar-refractivity contribution in [3.63, 3.8) is 0 Å². The van der Waals surface area contributed by atoms with Crippen LogP contribution in [0.4, 0.5) is 0 Å². The van der Waals surface area contributed by atoms with E-state index in [0.29, 0.717) is 17.5 Å². The van der Waals surface area contributed by atoms with Gasteiger partial charge in [0.15, 0.2) is 17.5 Å². The fourth-order valence-corrected chi connectivity index (χ4v) is 6.32. The van der Waals surface area contributed by atoms with Crippen LogP contribution in [0.15, 0.2) is 168 Å². The summed E-state index contributed by atoms with van der Waals surface area (Å²) in [4.78, 5) is 14.9. The molecule has 0 radical (unpaired) electrons. The third kappa shape index (κ3) is 4.93. The molecule has 0 aliphatic rings. The maximum atomic E-state index is 6.52. The molecule has 0 saturated carbocycles. The Hall–Kier alpha value is -6.39. The first-order valence-electron chi connectivity index (χ1n) is 15.7. The van der Waals surface area contributed by atoms with Crippen molar-refractivity contribution in [2.24, 2.45) is 0 Å². The van der Waals surface area contributed by atoms with E-state index < -0.39 is 0 Å². The van der Waals surface area contributed by atoms with E-state index >= 15 is 0 Å². The first kappa shape index (κ1) is 27.0. The average Bonchev–Trinajstić information content (AvgIpc) is 3.53. The smallest absolute Gasteiger partial charge is 0.164 e. The molecule has 47 heavy (non-hydrogen) atoms. The SMILES string of the molecule is c1ccc(-c2ccc(-c3cccc4c3oc3ccc(-c5nc(-c6ccccc6)nc(-c6ccc7ccccc7c6)n5)cc34)cc2)cc1. The molecule has 0 saturated heterocycles. The van der Waals surface area contributed by atoms with E-state index in [1.807, 2.05) is 48.5 Å². The number of aromatic nitrogens is 3. The molecular formula is C43H27N3O. The first-order valence-corrected chi connectivity index (χ1v) is 15.7. The van der Waals surface area contributed by atoms with Gasteiger partial charge in [0.2, 0.25) is 0 Å². The standard InChI is InChI=1S/C43H27N3O/c1-3-10-28(11-4-1)30-18-21-31(22-19-30)36-16-9-17-37-38-27-35(24-25-39(38)47-40(36)37)43-45-41(32-13-5-2-6-14-32)44-42(46-43)34-23-20-29-12-7-8-15-33(29)26-34/h1-27H. The van der Waals surface area contributed by atoms with E-state index in [0.717, 1.165) is 55.1 Å². The van der Waals surface area contributed by atoms with E-state index in [1.165, 1.54) is 16.5 Å². The third-order valence-electron chi connectivity index (χ3n) is 8.73. The monoisotopic (exact) mass is 601 g/mol. The Morgan fingerprint density at radius 3 is 1.64 bits per heavy atom. The lowest BCUT2D eigenvalue weighted by atomic mass is 9.98. The van der Waals surface area contributed by atoms with Crippen LogP contribution in [-0.4, -0.2) is 15.0 Å². The van der Waals surface area contributed by atoms with Crippen molar-refractivity contribution in [1.29, 1.82) is 0 Å². The third-order valence-corrected chi connectivity index (χ3v) is 8.73. The Balaban J connectivity index is 1.16. The van der Waals surface area contributed by atoms with Crippen LogP contribution in [0.25, 0.3) is 89.1 Å². The van der Waals surface area contributed by atoms with Crippen molar-refractivity contribution >= 4 is 32.7 Å². The molecule has 0 atom stereocenters. The van der Waals surface area contributed by atoms with Crippen LogP contribution < -0.4 is 0 Å². The Bertz CT molecular complexity index is 2550. The van der Waals surface area contributed by atoms with Gasteiger partial charge in [-0.3, -0.25) is 0 Å². The normalized spacial score (nSPS) is 11.4. The Kier molecular flexibility index (Phi) is 6.43. The van der Waals surface area contributed by atoms with Gasteiger partial charge in [0.1, 0.15) is 11.2 Å². The van der Waals surface area contributed by atoms with Gasteiger partial charge in [-0.05, 0) is 51.7 Å². The van der Waals surface area contributed by atoms with Crippen LogP contribution >= 0.6 is 0 Å². The zero-order valence-electron chi connectivity index (χ0n) is 25.3. The van der Waals surface area contributed by atoms with Gasteiger partial charge in [-0.1, -0.05) is 140 Å². The Labute approximate surface area is 271 Å². The summed E-state index contributed by atoms with van der Waals surface area (Å²) in [6.07, 6.45) is 0. The fourth-order valence-electron chi connectivity index (χ4n) is 6.32. The summed E-state index contributed by atoms with van der Waals surface area (Å²) < 4.78 is 6.52. The first-order chi connectivity index (χ1) is 23.3. The predicted octanol–water partition coefficient (Wildman–Crippen LogP) is 11.3. The summed E-state index contributed by atoms with van der Waals surface area (Å²) in [5, 5.41) is 4.40. The molecule has 0 unspecified atom stereocenters. The lowest BCUT2D eigenvalue weighted by molar-refractivity contribution is 0.670. The van der Waals surface area contributed by atoms with E-state index in [9.17, 15) is 0 Å². The van der Waals surface area contributed by atoms with E-state index in [2.05, 4.69) is 115 Å². The number of benzene rings is 7. The van der Waals surface area contributed by atoms with Crippen LogP contribution in [0, 0.1) is 0 Å². The van der Waals surface area contributed by atoms with Crippen molar-refractivity contribution in [3.8, 4) is 56.4 Å². The molecule has 9 aromatic rings. The van der Waals surface area contributed by atoms with Crippen molar-refractivity contribution in [1.82, 2.24) is 15.0 Å². The van der Waals surface area contributed by atoms with Gasteiger partial charge < -0.3 is 4.42 Å². The summed E-state index contributed by atoms with van der Waals surface area (Å²) >= 11 is 0. The molecule has 4 heteroatoms. The van der Waals surface area contributed by atoms with Crippen molar-refractivity contribution < 1.29 is 4.42 Å². The number of rotatable bonds is 5. The summed E-state index contributed by atoms with van der Waals surface area (Å²) in [5.41, 5.74) is 9.04. The van der Waals surface area contributed by atoms with Gasteiger partial charge in [0.05, 0.1) is 0 Å². The maximum absolute atomic E-state index is 6.52. The topological polar surface area (TPSA) is 51.8 Å². The summed E-state index contributed by atoms with van der Waals surface area (Å²) in [7, 11) is 0. The van der Waals surface area contributed by atoms with Gasteiger partial charge in [-0.15, -0.1) is 0 Å². The number of nitrogens with zero attached hydrogens (tertiary/aromatic N) is 3. The summed E-state index contributed by atoms with van der Waals surface area (Å²) in [6.45, 7) is 0. The van der Waals surface area contributed by atoms with Gasteiger partial charge in [0.25, 0.3) is 0 Å². The van der Waals surface area contributed by atoms with E-state index in [4.69, 9.17) is 19.4 Å². The van der Waals surface area contributed by atoms with Crippen LogP contribution in [0.3, 0.4) is 0 Å². The number of hydrogen-bond acceptors (Lipinski definition) is 4. The minimum atomic E-state index is 0.617. The molecule has 0 N–H and O–H groups in total.